The highest BCUT2D eigenvalue weighted by Crippen LogP contribution is 2.54. The predicted octanol–water partition coefficient (Wildman–Crippen LogP) is 4.42. The first kappa shape index (κ1) is 24.7. The van der Waals surface area contributed by atoms with E-state index in [2.05, 4.69) is 5.32 Å². The fourth-order valence-corrected chi connectivity index (χ4v) is 8.59. The van der Waals surface area contributed by atoms with Crippen LogP contribution in [0.2, 0.25) is 0 Å². The van der Waals surface area contributed by atoms with E-state index in [0.717, 1.165) is 21.8 Å². The van der Waals surface area contributed by atoms with Gasteiger partial charge in [0.2, 0.25) is 17.7 Å². The number of thiophene rings is 1. The molecular weight excluding hydrogens is 543 g/mol. The summed E-state index contributed by atoms with van der Waals surface area (Å²) in [5, 5.41) is 14.0. The predicted molar refractivity (Wildman–Crippen MR) is 148 cm³/mol. The number of rotatable bonds is 5. The molecule has 2 N–H and O–H groups in total. The number of amides is 3. The second-order valence-corrected chi connectivity index (χ2v) is 12.2. The van der Waals surface area contributed by atoms with Gasteiger partial charge >= 0.3 is 4.87 Å². The number of aryl methyl sites for hydroxylation is 1. The maximum Gasteiger partial charge on any atom is 0.308 e. The highest BCUT2D eigenvalue weighted by molar-refractivity contribution is 8.00. The van der Waals surface area contributed by atoms with E-state index in [1.807, 2.05) is 36.6 Å². The van der Waals surface area contributed by atoms with E-state index in [1.165, 1.54) is 44.7 Å². The number of anilines is 2. The Morgan fingerprint density at radius 1 is 1.00 bits per heavy atom. The Morgan fingerprint density at radius 3 is 2.42 bits per heavy atom. The summed E-state index contributed by atoms with van der Waals surface area (Å²) in [4.78, 5) is 56.0. The van der Waals surface area contributed by atoms with Gasteiger partial charge in [-0.25, -0.2) is 4.90 Å². The standard InChI is InChI=1S/C27H21N3O5S3/c1-14-4-8-16(9-5-14)30-24(33)21-20(18-3-2-12-36-18)23-26(37-22(21)25(30)34)29(27(35)38-23)13-19(32)28-15-6-10-17(31)11-7-15/h2-12,20-22,31H,13H2,1H3,(H,28,32)/t20-,21?,22?/m1/s1. The number of aromatic hydroxyl groups is 1. The molecule has 2 unspecified atom stereocenters. The highest BCUT2D eigenvalue weighted by Gasteiger charge is 2.57. The fourth-order valence-electron chi connectivity index (χ4n) is 4.87. The Morgan fingerprint density at radius 2 is 1.74 bits per heavy atom. The second-order valence-electron chi connectivity index (χ2n) is 9.12. The average molecular weight is 564 g/mol. The Kier molecular flexibility index (Phi) is 6.21. The first-order valence-corrected chi connectivity index (χ1v) is 14.4. The number of benzene rings is 2. The fraction of sp³-hybridized carbons (Fsp3) is 0.185. The monoisotopic (exact) mass is 563 g/mol. The van der Waals surface area contributed by atoms with Gasteiger partial charge in [-0.1, -0.05) is 46.9 Å². The van der Waals surface area contributed by atoms with Crippen molar-refractivity contribution in [3.8, 4) is 5.75 Å². The molecule has 8 nitrogen and oxygen atoms in total. The molecule has 11 heteroatoms. The zero-order valence-corrected chi connectivity index (χ0v) is 22.4. The summed E-state index contributed by atoms with van der Waals surface area (Å²) < 4.78 is 1.39. The van der Waals surface area contributed by atoms with Crippen LogP contribution < -0.4 is 15.1 Å². The Balaban J connectivity index is 1.38. The van der Waals surface area contributed by atoms with Gasteiger partial charge < -0.3 is 10.4 Å². The van der Waals surface area contributed by atoms with Gasteiger partial charge in [-0.2, -0.15) is 0 Å². The molecule has 0 radical (unpaired) electrons. The Labute approximate surface area is 229 Å². The van der Waals surface area contributed by atoms with Gasteiger partial charge in [0.25, 0.3) is 0 Å². The molecule has 0 saturated carbocycles. The summed E-state index contributed by atoms with van der Waals surface area (Å²) in [6, 6.07) is 17.1. The summed E-state index contributed by atoms with van der Waals surface area (Å²) >= 11 is 3.70. The van der Waals surface area contributed by atoms with Crippen molar-refractivity contribution in [2.75, 3.05) is 10.2 Å². The maximum atomic E-state index is 13.8. The van der Waals surface area contributed by atoms with Crippen LogP contribution in [0.1, 0.15) is 21.2 Å². The van der Waals surface area contributed by atoms with Crippen LogP contribution in [0.5, 0.6) is 5.75 Å². The lowest BCUT2D eigenvalue weighted by atomic mass is 9.87. The van der Waals surface area contributed by atoms with Crippen molar-refractivity contribution in [2.24, 2.45) is 5.92 Å². The number of carbonyl (C=O) groups is 3. The number of phenolic OH excluding ortho intramolecular Hbond substituents is 1. The highest BCUT2D eigenvalue weighted by atomic mass is 32.2. The molecule has 2 aliphatic rings. The number of phenols is 1. The zero-order valence-electron chi connectivity index (χ0n) is 20.0. The van der Waals surface area contributed by atoms with Crippen molar-refractivity contribution in [1.29, 1.82) is 0 Å². The summed E-state index contributed by atoms with van der Waals surface area (Å²) in [5.41, 5.74) is 2.03. The van der Waals surface area contributed by atoms with Crippen molar-refractivity contribution < 1.29 is 19.5 Å². The van der Waals surface area contributed by atoms with Crippen LogP contribution in [0.4, 0.5) is 11.4 Å². The zero-order chi connectivity index (χ0) is 26.6. The van der Waals surface area contributed by atoms with E-state index >= 15 is 0 Å². The third kappa shape index (κ3) is 4.16. The molecule has 1 saturated heterocycles. The third-order valence-electron chi connectivity index (χ3n) is 6.64. The summed E-state index contributed by atoms with van der Waals surface area (Å²) in [6.45, 7) is 1.70. The van der Waals surface area contributed by atoms with Crippen molar-refractivity contribution >= 4 is 63.5 Å². The molecular formula is C27H21N3O5S3. The summed E-state index contributed by atoms with van der Waals surface area (Å²) in [5.74, 6) is -2.05. The lowest BCUT2D eigenvalue weighted by Gasteiger charge is -2.29. The van der Waals surface area contributed by atoms with Gasteiger partial charge in [0, 0.05) is 21.4 Å². The van der Waals surface area contributed by atoms with Crippen LogP contribution in [-0.2, 0) is 20.9 Å². The molecule has 0 aliphatic carbocycles. The van der Waals surface area contributed by atoms with E-state index in [0.29, 0.717) is 21.3 Å². The third-order valence-corrected chi connectivity index (χ3v) is 10.2. The van der Waals surface area contributed by atoms with Crippen molar-refractivity contribution in [3.63, 3.8) is 0 Å². The van der Waals surface area contributed by atoms with Crippen LogP contribution in [0.3, 0.4) is 0 Å². The lowest BCUT2D eigenvalue weighted by molar-refractivity contribution is -0.122. The normalized spacial score (nSPS) is 20.3. The number of imide groups is 1. The number of carbonyl (C=O) groups excluding carboxylic acids is 3. The minimum Gasteiger partial charge on any atom is -0.508 e. The first-order valence-electron chi connectivity index (χ1n) is 11.8. The van der Waals surface area contributed by atoms with Gasteiger partial charge in [-0.3, -0.25) is 23.7 Å². The molecule has 0 bridgehead atoms. The second kappa shape index (κ2) is 9.57. The van der Waals surface area contributed by atoms with Crippen molar-refractivity contribution in [3.05, 3.63) is 91.0 Å². The average Bonchev–Trinajstić information content (AvgIpc) is 3.59. The van der Waals surface area contributed by atoms with E-state index in [4.69, 9.17) is 0 Å². The van der Waals surface area contributed by atoms with E-state index < -0.39 is 23.0 Å². The van der Waals surface area contributed by atoms with Gasteiger partial charge in [0.15, 0.2) is 0 Å². The molecule has 38 heavy (non-hydrogen) atoms. The molecule has 1 fully saturated rings. The van der Waals surface area contributed by atoms with Crippen LogP contribution in [0.15, 0.2) is 75.9 Å². The van der Waals surface area contributed by atoms with Gasteiger partial charge in [-0.05, 0) is 54.8 Å². The largest absolute Gasteiger partial charge is 0.508 e. The molecule has 6 rings (SSSR count). The van der Waals surface area contributed by atoms with Crippen LogP contribution >= 0.6 is 34.4 Å². The molecule has 192 valence electrons. The number of hydrogen-bond donors (Lipinski definition) is 2. The molecule has 2 aromatic heterocycles. The summed E-state index contributed by atoms with van der Waals surface area (Å²) in [7, 11) is 0. The smallest absolute Gasteiger partial charge is 0.308 e. The number of nitrogens with zero attached hydrogens (tertiary/aromatic N) is 2. The minimum atomic E-state index is -0.719. The first-order chi connectivity index (χ1) is 18.3. The molecule has 4 aromatic rings. The topological polar surface area (TPSA) is 109 Å². The Hall–Kier alpha value is -3.67. The minimum absolute atomic E-state index is 0.0761. The van der Waals surface area contributed by atoms with E-state index in [1.54, 1.807) is 24.3 Å². The number of hydrogen-bond acceptors (Lipinski definition) is 8. The summed E-state index contributed by atoms with van der Waals surface area (Å²) in [6.07, 6.45) is 0. The molecule has 2 aliphatic heterocycles. The van der Waals surface area contributed by atoms with Crippen LogP contribution in [-0.4, -0.2) is 32.6 Å². The van der Waals surface area contributed by atoms with E-state index in [9.17, 15) is 24.3 Å². The molecule has 4 heterocycles. The van der Waals surface area contributed by atoms with E-state index in [-0.39, 0.29) is 29.0 Å². The molecule has 3 amide bonds. The number of thioether (sulfide) groups is 1. The lowest BCUT2D eigenvalue weighted by Crippen LogP contribution is -2.32. The van der Waals surface area contributed by atoms with Gasteiger partial charge in [-0.15, -0.1) is 11.3 Å². The quantitative estimate of drug-likeness (QED) is 0.275. The number of aromatic nitrogens is 1. The Bertz CT molecular complexity index is 1610. The molecule has 3 atom stereocenters. The van der Waals surface area contributed by atoms with Gasteiger partial charge in [0.1, 0.15) is 17.5 Å². The van der Waals surface area contributed by atoms with Crippen molar-refractivity contribution in [1.82, 2.24) is 4.57 Å². The number of fused-ring (bicyclic) bond motifs is 2. The van der Waals surface area contributed by atoms with Gasteiger partial charge in [0.05, 0.1) is 16.6 Å². The van der Waals surface area contributed by atoms with Crippen LogP contribution in [0, 0.1) is 12.8 Å². The van der Waals surface area contributed by atoms with Crippen molar-refractivity contribution in [2.45, 2.75) is 29.7 Å². The van der Waals surface area contributed by atoms with Crippen LogP contribution in [0.25, 0.3) is 0 Å². The maximum absolute atomic E-state index is 13.8. The molecule has 0 spiro atoms. The number of nitrogens with one attached hydrogen (secondary N) is 1. The number of thiazole rings is 1. The SMILES string of the molecule is Cc1ccc(N2C(=O)C3Sc4c(sc(=O)n4CC(=O)Nc4ccc(O)cc4)[C@H](c4cccs4)C3C2=O)cc1. The molecule has 2 aromatic carbocycles.